The first-order valence-corrected chi connectivity index (χ1v) is 9.38. The Bertz CT molecular complexity index is 495. The SMILES string of the molecule is CN=C(NCCCN1CCN(c2ncccn2)CC1)NCCC(C)C. The lowest BCUT2D eigenvalue weighted by Gasteiger charge is -2.34. The Morgan fingerprint density at radius 1 is 1.12 bits per heavy atom. The molecule has 1 saturated heterocycles. The maximum Gasteiger partial charge on any atom is 0.225 e. The maximum atomic E-state index is 4.33. The lowest BCUT2D eigenvalue weighted by molar-refractivity contribution is 0.254. The van der Waals surface area contributed by atoms with E-state index in [-0.39, 0.29) is 0 Å². The highest BCUT2D eigenvalue weighted by Gasteiger charge is 2.18. The molecule has 2 rings (SSSR count). The lowest BCUT2D eigenvalue weighted by atomic mass is 10.1. The summed E-state index contributed by atoms with van der Waals surface area (Å²) in [6.45, 7) is 11.6. The molecule has 25 heavy (non-hydrogen) atoms. The first-order valence-electron chi connectivity index (χ1n) is 9.38. The van der Waals surface area contributed by atoms with E-state index in [1.165, 1.54) is 0 Å². The van der Waals surface area contributed by atoms with E-state index in [1.54, 1.807) is 0 Å². The number of hydrogen-bond acceptors (Lipinski definition) is 5. The van der Waals surface area contributed by atoms with Crippen LogP contribution >= 0.6 is 0 Å². The van der Waals surface area contributed by atoms with Gasteiger partial charge >= 0.3 is 0 Å². The van der Waals surface area contributed by atoms with Crippen LogP contribution < -0.4 is 15.5 Å². The molecular formula is C18H33N7. The molecule has 0 amide bonds. The van der Waals surface area contributed by atoms with Crippen molar-refractivity contribution in [3.05, 3.63) is 18.5 Å². The predicted molar refractivity (Wildman–Crippen MR) is 104 cm³/mol. The summed E-state index contributed by atoms with van der Waals surface area (Å²) in [5.41, 5.74) is 0. The number of anilines is 1. The van der Waals surface area contributed by atoms with Crippen molar-refractivity contribution in [3.8, 4) is 0 Å². The number of aliphatic imine (C=N–C) groups is 1. The fraction of sp³-hybridized carbons (Fsp3) is 0.722. The summed E-state index contributed by atoms with van der Waals surface area (Å²) in [6.07, 6.45) is 5.90. The molecule has 2 N–H and O–H groups in total. The largest absolute Gasteiger partial charge is 0.356 e. The average Bonchev–Trinajstić information content (AvgIpc) is 2.64. The minimum absolute atomic E-state index is 0.713. The summed E-state index contributed by atoms with van der Waals surface area (Å²) in [4.78, 5) is 17.7. The van der Waals surface area contributed by atoms with Gasteiger partial charge < -0.3 is 15.5 Å². The molecule has 0 spiro atoms. The van der Waals surface area contributed by atoms with Crippen LogP contribution in [0.2, 0.25) is 0 Å². The van der Waals surface area contributed by atoms with E-state index in [0.717, 1.165) is 70.6 Å². The zero-order valence-corrected chi connectivity index (χ0v) is 15.9. The molecule has 0 unspecified atom stereocenters. The Morgan fingerprint density at radius 2 is 1.80 bits per heavy atom. The van der Waals surface area contributed by atoms with Crippen LogP contribution in [0.3, 0.4) is 0 Å². The molecule has 1 aliphatic rings. The van der Waals surface area contributed by atoms with Crippen LogP contribution in [0.1, 0.15) is 26.7 Å². The summed E-state index contributed by atoms with van der Waals surface area (Å²) >= 11 is 0. The van der Waals surface area contributed by atoms with Gasteiger partial charge in [0.25, 0.3) is 0 Å². The molecule has 2 heterocycles. The van der Waals surface area contributed by atoms with Crippen molar-refractivity contribution in [2.45, 2.75) is 26.7 Å². The second-order valence-electron chi connectivity index (χ2n) is 6.84. The number of aromatic nitrogens is 2. The van der Waals surface area contributed by atoms with Gasteiger partial charge in [-0.15, -0.1) is 0 Å². The highest BCUT2D eigenvalue weighted by Crippen LogP contribution is 2.09. The van der Waals surface area contributed by atoms with Crippen LogP contribution in [0.5, 0.6) is 0 Å². The van der Waals surface area contributed by atoms with Crippen molar-refractivity contribution in [1.29, 1.82) is 0 Å². The Hall–Kier alpha value is -1.89. The molecule has 0 atom stereocenters. The van der Waals surface area contributed by atoms with E-state index < -0.39 is 0 Å². The van der Waals surface area contributed by atoms with Crippen LogP contribution in [0.4, 0.5) is 5.95 Å². The van der Waals surface area contributed by atoms with E-state index in [9.17, 15) is 0 Å². The molecule has 1 aromatic heterocycles. The van der Waals surface area contributed by atoms with Crippen molar-refractivity contribution in [1.82, 2.24) is 25.5 Å². The number of nitrogens with one attached hydrogen (secondary N) is 2. The zero-order valence-electron chi connectivity index (χ0n) is 15.9. The van der Waals surface area contributed by atoms with Gasteiger partial charge in [0.2, 0.25) is 5.95 Å². The van der Waals surface area contributed by atoms with Crippen LogP contribution in [0.15, 0.2) is 23.5 Å². The summed E-state index contributed by atoms with van der Waals surface area (Å²) < 4.78 is 0. The Labute approximate surface area is 151 Å². The van der Waals surface area contributed by atoms with E-state index in [1.807, 2.05) is 25.5 Å². The van der Waals surface area contributed by atoms with Crippen molar-refractivity contribution >= 4 is 11.9 Å². The molecular weight excluding hydrogens is 314 g/mol. The Kier molecular flexibility index (Phi) is 8.45. The van der Waals surface area contributed by atoms with Crippen molar-refractivity contribution in [2.75, 3.05) is 57.8 Å². The van der Waals surface area contributed by atoms with Gasteiger partial charge in [-0.3, -0.25) is 9.89 Å². The molecule has 0 bridgehead atoms. The number of piperazine rings is 1. The quantitative estimate of drug-likeness (QED) is 0.418. The van der Waals surface area contributed by atoms with Gasteiger partial charge in [0.1, 0.15) is 0 Å². The van der Waals surface area contributed by atoms with Gasteiger partial charge in [-0.05, 0) is 31.4 Å². The van der Waals surface area contributed by atoms with E-state index in [2.05, 4.69) is 49.2 Å². The second kappa shape index (κ2) is 10.9. The van der Waals surface area contributed by atoms with Crippen LogP contribution in [0, 0.1) is 5.92 Å². The third-order valence-corrected chi connectivity index (χ3v) is 4.39. The molecule has 140 valence electrons. The smallest absolute Gasteiger partial charge is 0.225 e. The highest BCUT2D eigenvalue weighted by molar-refractivity contribution is 5.79. The number of guanidine groups is 1. The van der Waals surface area contributed by atoms with Crippen molar-refractivity contribution < 1.29 is 0 Å². The standard InChI is InChI=1S/C18H33N7/c1-16(2)6-10-21-17(19-3)20-9-5-11-24-12-14-25(15-13-24)18-22-7-4-8-23-18/h4,7-8,16H,5-6,9-15H2,1-3H3,(H2,19,20,21). The normalized spacial score (nSPS) is 16.3. The number of nitrogens with zero attached hydrogens (tertiary/aromatic N) is 5. The monoisotopic (exact) mass is 347 g/mol. The van der Waals surface area contributed by atoms with Crippen molar-refractivity contribution in [2.24, 2.45) is 10.9 Å². The summed E-state index contributed by atoms with van der Waals surface area (Å²) in [7, 11) is 1.83. The van der Waals surface area contributed by atoms with Gasteiger partial charge in [-0.25, -0.2) is 9.97 Å². The molecule has 7 nitrogen and oxygen atoms in total. The molecule has 1 fully saturated rings. The van der Waals surface area contributed by atoms with Gasteiger partial charge in [-0.2, -0.15) is 0 Å². The molecule has 0 radical (unpaired) electrons. The second-order valence-corrected chi connectivity index (χ2v) is 6.84. The van der Waals surface area contributed by atoms with Gasteiger partial charge in [-0.1, -0.05) is 13.8 Å². The third kappa shape index (κ3) is 7.25. The van der Waals surface area contributed by atoms with E-state index >= 15 is 0 Å². The van der Waals surface area contributed by atoms with Gasteiger partial charge in [0.15, 0.2) is 5.96 Å². The van der Waals surface area contributed by atoms with Gasteiger partial charge in [0.05, 0.1) is 0 Å². The van der Waals surface area contributed by atoms with Crippen LogP contribution in [-0.2, 0) is 0 Å². The van der Waals surface area contributed by atoms with Gasteiger partial charge in [0, 0.05) is 58.7 Å². The summed E-state index contributed by atoms with van der Waals surface area (Å²) in [5, 5.41) is 6.77. The number of rotatable bonds is 8. The summed E-state index contributed by atoms with van der Waals surface area (Å²) in [5.74, 6) is 2.47. The molecule has 1 aliphatic heterocycles. The predicted octanol–water partition coefficient (Wildman–Crippen LogP) is 1.20. The minimum atomic E-state index is 0.713. The molecule has 7 heteroatoms. The fourth-order valence-electron chi connectivity index (χ4n) is 2.84. The summed E-state index contributed by atoms with van der Waals surface area (Å²) in [6, 6.07) is 1.86. The Balaban J connectivity index is 1.57. The molecule has 0 aromatic carbocycles. The first-order chi connectivity index (χ1) is 12.2. The Morgan fingerprint density at radius 3 is 2.44 bits per heavy atom. The van der Waals surface area contributed by atoms with Crippen LogP contribution in [0.25, 0.3) is 0 Å². The van der Waals surface area contributed by atoms with Crippen molar-refractivity contribution in [3.63, 3.8) is 0 Å². The highest BCUT2D eigenvalue weighted by atomic mass is 15.3. The van der Waals surface area contributed by atoms with Crippen LogP contribution in [-0.4, -0.2) is 73.7 Å². The minimum Gasteiger partial charge on any atom is -0.356 e. The zero-order chi connectivity index (χ0) is 17.9. The maximum absolute atomic E-state index is 4.33. The third-order valence-electron chi connectivity index (χ3n) is 4.39. The van der Waals surface area contributed by atoms with E-state index in [0.29, 0.717) is 5.92 Å². The number of hydrogen-bond donors (Lipinski definition) is 2. The lowest BCUT2D eigenvalue weighted by Crippen LogP contribution is -2.47. The average molecular weight is 348 g/mol. The van der Waals surface area contributed by atoms with E-state index in [4.69, 9.17) is 0 Å². The topological polar surface area (TPSA) is 68.7 Å². The molecule has 0 aliphatic carbocycles. The fourth-order valence-corrected chi connectivity index (χ4v) is 2.84. The molecule has 0 saturated carbocycles. The first kappa shape index (κ1) is 19.4. The molecule has 1 aromatic rings.